The number of hydrogen-bond donors (Lipinski definition) is 1. The Morgan fingerprint density at radius 3 is 2.40 bits per heavy atom. The van der Waals surface area contributed by atoms with Crippen molar-refractivity contribution in [1.82, 2.24) is 15.5 Å². The molecule has 1 aliphatic rings. The van der Waals surface area contributed by atoms with Gasteiger partial charge in [-0.05, 0) is 53.6 Å². The Hall–Kier alpha value is -3.19. The van der Waals surface area contributed by atoms with E-state index in [-0.39, 0.29) is 11.9 Å². The molecule has 178 valence electrons. The smallest absolute Gasteiger partial charge is 0.255 e. The summed E-state index contributed by atoms with van der Waals surface area (Å²) in [6, 6.07) is 21.1. The Kier molecular flexibility index (Phi) is 6.86. The molecular formula is C27H24Cl2N4O2. The van der Waals surface area contributed by atoms with Crippen molar-refractivity contribution in [3.63, 3.8) is 0 Å². The van der Waals surface area contributed by atoms with Gasteiger partial charge < -0.3 is 15.0 Å². The fourth-order valence-electron chi connectivity index (χ4n) is 4.24. The molecule has 35 heavy (non-hydrogen) atoms. The predicted molar refractivity (Wildman–Crippen MR) is 140 cm³/mol. The van der Waals surface area contributed by atoms with Gasteiger partial charge in [-0.2, -0.15) is 0 Å². The summed E-state index contributed by atoms with van der Waals surface area (Å²) in [6.07, 6.45) is 0. The van der Waals surface area contributed by atoms with Crippen LogP contribution in [0.4, 0.5) is 5.82 Å². The maximum atomic E-state index is 13.6. The number of fused-ring (bicyclic) bond motifs is 1. The Bertz CT molecular complexity index is 1370. The quantitative estimate of drug-likeness (QED) is 0.363. The van der Waals surface area contributed by atoms with Crippen molar-refractivity contribution < 1.29 is 9.53 Å². The minimum absolute atomic E-state index is 0.207. The van der Waals surface area contributed by atoms with E-state index in [9.17, 15) is 4.79 Å². The molecule has 8 heteroatoms. The lowest BCUT2D eigenvalue weighted by molar-refractivity contribution is 0.0937. The molecule has 1 atom stereocenters. The third-order valence-electron chi connectivity index (χ3n) is 6.11. The van der Waals surface area contributed by atoms with Crippen molar-refractivity contribution in [1.29, 1.82) is 0 Å². The average molecular weight is 507 g/mol. The SMILES string of the molecule is CC(NC(=O)c1cc(-c2cc(Cl)cc(Cl)c2)nnc1N1CCOCC1)c1ccc2ccccc2c1. The van der Waals surface area contributed by atoms with Crippen LogP contribution in [0.2, 0.25) is 10.0 Å². The number of ether oxygens (including phenoxy) is 1. The van der Waals surface area contributed by atoms with Crippen LogP contribution in [0, 0.1) is 0 Å². The van der Waals surface area contributed by atoms with Crippen LogP contribution >= 0.6 is 23.2 Å². The Labute approximate surface area is 213 Å². The second kappa shape index (κ2) is 10.2. The van der Waals surface area contributed by atoms with E-state index < -0.39 is 0 Å². The van der Waals surface area contributed by atoms with Gasteiger partial charge in [0.1, 0.15) is 0 Å². The highest BCUT2D eigenvalue weighted by Gasteiger charge is 2.24. The van der Waals surface area contributed by atoms with Crippen LogP contribution in [0.5, 0.6) is 0 Å². The molecule has 2 heterocycles. The maximum absolute atomic E-state index is 13.6. The first-order chi connectivity index (χ1) is 17.0. The van der Waals surface area contributed by atoms with E-state index in [0.717, 1.165) is 16.3 Å². The third-order valence-corrected chi connectivity index (χ3v) is 6.55. The molecule has 1 amide bonds. The van der Waals surface area contributed by atoms with Crippen LogP contribution < -0.4 is 10.2 Å². The van der Waals surface area contributed by atoms with Crippen LogP contribution in [0.1, 0.15) is 28.9 Å². The number of hydrogen-bond acceptors (Lipinski definition) is 5. The molecule has 1 unspecified atom stereocenters. The second-order valence-corrected chi connectivity index (χ2v) is 9.40. The van der Waals surface area contributed by atoms with Crippen molar-refractivity contribution >= 4 is 45.7 Å². The molecule has 1 aliphatic heterocycles. The number of anilines is 1. The summed E-state index contributed by atoms with van der Waals surface area (Å²) in [5.41, 5.74) is 2.68. The molecule has 1 aromatic heterocycles. The van der Waals surface area contributed by atoms with Crippen LogP contribution in [0.15, 0.2) is 66.7 Å². The zero-order chi connectivity index (χ0) is 24.4. The van der Waals surface area contributed by atoms with E-state index in [0.29, 0.717) is 59.0 Å². The highest BCUT2D eigenvalue weighted by atomic mass is 35.5. The minimum Gasteiger partial charge on any atom is -0.378 e. The highest BCUT2D eigenvalue weighted by molar-refractivity contribution is 6.35. The van der Waals surface area contributed by atoms with E-state index in [2.05, 4.69) is 39.8 Å². The average Bonchev–Trinajstić information content (AvgIpc) is 2.88. The first-order valence-electron chi connectivity index (χ1n) is 11.4. The number of morpholine rings is 1. The molecule has 0 spiro atoms. The molecule has 0 saturated carbocycles. The van der Waals surface area contributed by atoms with Crippen LogP contribution in [-0.4, -0.2) is 42.4 Å². The summed E-state index contributed by atoms with van der Waals surface area (Å²) in [5.74, 6) is 0.310. The summed E-state index contributed by atoms with van der Waals surface area (Å²) >= 11 is 12.4. The van der Waals surface area contributed by atoms with Gasteiger partial charge in [0, 0.05) is 28.7 Å². The largest absolute Gasteiger partial charge is 0.378 e. The highest BCUT2D eigenvalue weighted by Crippen LogP contribution is 2.29. The summed E-state index contributed by atoms with van der Waals surface area (Å²) in [6.45, 7) is 4.39. The molecule has 5 rings (SSSR count). The lowest BCUT2D eigenvalue weighted by Gasteiger charge is -2.29. The minimum atomic E-state index is -0.226. The van der Waals surface area contributed by atoms with Gasteiger partial charge in [-0.15, -0.1) is 10.2 Å². The number of halogens is 2. The van der Waals surface area contributed by atoms with Crippen molar-refractivity contribution in [2.24, 2.45) is 0 Å². The lowest BCUT2D eigenvalue weighted by atomic mass is 10.0. The number of carbonyl (C=O) groups excluding carboxylic acids is 1. The molecule has 1 saturated heterocycles. The number of nitrogens with zero attached hydrogens (tertiary/aromatic N) is 3. The van der Waals surface area contributed by atoms with E-state index >= 15 is 0 Å². The molecule has 3 aromatic carbocycles. The molecule has 1 N–H and O–H groups in total. The van der Waals surface area contributed by atoms with Crippen molar-refractivity contribution in [2.45, 2.75) is 13.0 Å². The maximum Gasteiger partial charge on any atom is 0.255 e. The second-order valence-electron chi connectivity index (χ2n) is 8.53. The predicted octanol–water partition coefficient (Wildman–Crippen LogP) is 5.93. The van der Waals surface area contributed by atoms with E-state index in [4.69, 9.17) is 27.9 Å². The summed E-state index contributed by atoms with van der Waals surface area (Å²) in [4.78, 5) is 15.6. The number of benzene rings is 3. The monoisotopic (exact) mass is 506 g/mol. The third kappa shape index (κ3) is 5.25. The number of aromatic nitrogens is 2. The standard InChI is InChI=1S/C27H24Cl2N4O2/c1-17(19-7-6-18-4-2-3-5-20(18)12-19)30-27(34)24-16-25(21-13-22(28)15-23(29)14-21)31-32-26(24)33-8-10-35-11-9-33/h2-7,12-17H,8-11H2,1H3,(H,30,34). The topological polar surface area (TPSA) is 67.4 Å². The van der Waals surface area contributed by atoms with E-state index in [1.54, 1.807) is 24.3 Å². The van der Waals surface area contributed by atoms with Gasteiger partial charge in [-0.25, -0.2) is 0 Å². The van der Waals surface area contributed by atoms with E-state index in [1.165, 1.54) is 0 Å². The zero-order valence-corrected chi connectivity index (χ0v) is 20.7. The summed E-state index contributed by atoms with van der Waals surface area (Å²) < 4.78 is 5.48. The van der Waals surface area contributed by atoms with E-state index in [1.807, 2.05) is 30.0 Å². The zero-order valence-electron chi connectivity index (χ0n) is 19.2. The van der Waals surface area contributed by atoms with Gasteiger partial charge in [0.15, 0.2) is 5.82 Å². The number of amides is 1. The van der Waals surface area contributed by atoms with Crippen LogP contribution in [0.3, 0.4) is 0 Å². The van der Waals surface area contributed by atoms with Crippen molar-refractivity contribution in [3.8, 4) is 11.3 Å². The van der Waals surface area contributed by atoms with Gasteiger partial charge in [0.05, 0.1) is 30.5 Å². The molecule has 6 nitrogen and oxygen atoms in total. The molecule has 0 aliphatic carbocycles. The first-order valence-corrected chi connectivity index (χ1v) is 12.2. The number of carbonyl (C=O) groups is 1. The Morgan fingerprint density at radius 2 is 1.66 bits per heavy atom. The molecule has 0 bridgehead atoms. The van der Waals surface area contributed by atoms with Crippen LogP contribution in [0.25, 0.3) is 22.0 Å². The molecule has 4 aromatic rings. The van der Waals surface area contributed by atoms with Gasteiger partial charge >= 0.3 is 0 Å². The van der Waals surface area contributed by atoms with Gasteiger partial charge in [-0.3, -0.25) is 4.79 Å². The van der Waals surface area contributed by atoms with Gasteiger partial charge in [0.25, 0.3) is 5.91 Å². The first kappa shape index (κ1) is 23.5. The van der Waals surface area contributed by atoms with Gasteiger partial charge in [0.2, 0.25) is 0 Å². The molecular weight excluding hydrogens is 483 g/mol. The van der Waals surface area contributed by atoms with Gasteiger partial charge in [-0.1, -0.05) is 59.6 Å². The summed E-state index contributed by atoms with van der Waals surface area (Å²) in [5, 5.41) is 15.3. The Balaban J connectivity index is 1.48. The molecule has 1 fully saturated rings. The van der Waals surface area contributed by atoms with Crippen molar-refractivity contribution in [2.75, 3.05) is 31.2 Å². The van der Waals surface area contributed by atoms with Crippen LogP contribution in [-0.2, 0) is 4.74 Å². The lowest BCUT2D eigenvalue weighted by Crippen LogP contribution is -2.39. The van der Waals surface area contributed by atoms with Crippen molar-refractivity contribution in [3.05, 3.63) is 87.9 Å². The number of rotatable bonds is 5. The Morgan fingerprint density at radius 1 is 0.943 bits per heavy atom. The normalized spacial score (nSPS) is 14.7. The molecule has 0 radical (unpaired) electrons. The number of nitrogens with one attached hydrogen (secondary N) is 1. The fraction of sp³-hybridized carbons (Fsp3) is 0.222. The summed E-state index contributed by atoms with van der Waals surface area (Å²) in [7, 11) is 0. The fourth-order valence-corrected chi connectivity index (χ4v) is 4.76.